The molecule has 1 aromatic heterocycles. The minimum atomic E-state index is -3.29. The number of carbonyl (C=O) groups is 1. The third-order valence-electron chi connectivity index (χ3n) is 4.17. The standard InChI is InChI=1S/C18H16N4O3S3/c23-17(13-5-3-6-14(11-13)22-9-4-10-28(22,24)25)20-15-7-1-2-8-16(15)27-18-21-19-12-26-18/h1-3,5-8,11-12H,4,9-10H2,(H,20,23). The lowest BCUT2D eigenvalue weighted by Gasteiger charge is -2.17. The maximum Gasteiger partial charge on any atom is 0.255 e. The topological polar surface area (TPSA) is 92.3 Å². The van der Waals surface area contributed by atoms with E-state index >= 15 is 0 Å². The SMILES string of the molecule is O=C(Nc1ccccc1Sc1nncs1)c1cccc(N2CCCS2(=O)=O)c1. The van der Waals surface area contributed by atoms with Gasteiger partial charge in [-0.2, -0.15) is 0 Å². The summed E-state index contributed by atoms with van der Waals surface area (Å²) in [5, 5.41) is 10.7. The molecule has 0 aliphatic carbocycles. The van der Waals surface area contributed by atoms with Gasteiger partial charge >= 0.3 is 0 Å². The molecule has 1 saturated heterocycles. The Bertz CT molecular complexity index is 1100. The van der Waals surface area contributed by atoms with Crippen LogP contribution in [0.3, 0.4) is 0 Å². The number of sulfonamides is 1. The van der Waals surface area contributed by atoms with Gasteiger partial charge in [-0.25, -0.2) is 8.42 Å². The molecule has 0 bridgehead atoms. The number of rotatable bonds is 5. The molecule has 144 valence electrons. The van der Waals surface area contributed by atoms with Crippen molar-refractivity contribution in [2.45, 2.75) is 15.7 Å². The zero-order chi connectivity index (χ0) is 19.6. The molecule has 0 radical (unpaired) electrons. The van der Waals surface area contributed by atoms with Crippen LogP contribution in [0.5, 0.6) is 0 Å². The van der Waals surface area contributed by atoms with Gasteiger partial charge in [0.1, 0.15) is 5.51 Å². The van der Waals surface area contributed by atoms with Gasteiger partial charge in [0.2, 0.25) is 10.0 Å². The Hall–Kier alpha value is -2.43. The van der Waals surface area contributed by atoms with Gasteiger partial charge in [-0.05, 0) is 36.8 Å². The van der Waals surface area contributed by atoms with Crippen LogP contribution in [0.4, 0.5) is 11.4 Å². The van der Waals surface area contributed by atoms with Crippen LogP contribution in [0.1, 0.15) is 16.8 Å². The Kier molecular flexibility index (Phi) is 5.33. The van der Waals surface area contributed by atoms with Gasteiger partial charge in [0.25, 0.3) is 5.91 Å². The van der Waals surface area contributed by atoms with Crippen molar-refractivity contribution >= 4 is 50.4 Å². The van der Waals surface area contributed by atoms with E-state index in [1.54, 1.807) is 29.8 Å². The maximum atomic E-state index is 12.8. The van der Waals surface area contributed by atoms with Gasteiger partial charge in [0, 0.05) is 17.0 Å². The Labute approximate surface area is 170 Å². The zero-order valence-corrected chi connectivity index (χ0v) is 17.1. The quantitative estimate of drug-likeness (QED) is 0.664. The molecule has 1 aliphatic rings. The van der Waals surface area contributed by atoms with Crippen molar-refractivity contribution < 1.29 is 13.2 Å². The number of hydrogen-bond acceptors (Lipinski definition) is 7. The van der Waals surface area contributed by atoms with E-state index in [1.807, 2.05) is 24.3 Å². The van der Waals surface area contributed by atoms with E-state index in [0.717, 1.165) is 9.24 Å². The summed E-state index contributed by atoms with van der Waals surface area (Å²) in [6, 6.07) is 14.1. The summed E-state index contributed by atoms with van der Waals surface area (Å²) in [6.45, 7) is 0.439. The van der Waals surface area contributed by atoms with E-state index in [-0.39, 0.29) is 11.7 Å². The first-order valence-corrected chi connectivity index (χ1v) is 11.8. The highest BCUT2D eigenvalue weighted by atomic mass is 32.2. The molecule has 0 atom stereocenters. The predicted octanol–water partition coefficient (Wildman–Crippen LogP) is 3.48. The second kappa shape index (κ2) is 7.90. The van der Waals surface area contributed by atoms with E-state index < -0.39 is 10.0 Å². The molecule has 28 heavy (non-hydrogen) atoms. The number of hydrogen-bond donors (Lipinski definition) is 1. The lowest BCUT2D eigenvalue weighted by Crippen LogP contribution is -2.25. The average molecular weight is 433 g/mol. The molecular weight excluding hydrogens is 416 g/mol. The number of carbonyl (C=O) groups excluding carboxylic acids is 1. The molecule has 1 amide bonds. The Balaban J connectivity index is 1.56. The van der Waals surface area contributed by atoms with Crippen molar-refractivity contribution in [3.63, 3.8) is 0 Å². The van der Waals surface area contributed by atoms with Crippen molar-refractivity contribution in [1.29, 1.82) is 0 Å². The minimum Gasteiger partial charge on any atom is -0.321 e. The van der Waals surface area contributed by atoms with Crippen LogP contribution in [-0.4, -0.2) is 36.8 Å². The molecule has 0 spiro atoms. The highest BCUT2D eigenvalue weighted by molar-refractivity contribution is 8.01. The summed E-state index contributed by atoms with van der Waals surface area (Å²) < 4.78 is 26.4. The van der Waals surface area contributed by atoms with Crippen molar-refractivity contribution in [3.05, 3.63) is 59.6 Å². The molecule has 1 N–H and O–H groups in total. The molecule has 0 saturated carbocycles. The van der Waals surface area contributed by atoms with E-state index in [9.17, 15) is 13.2 Å². The fraction of sp³-hybridized carbons (Fsp3) is 0.167. The van der Waals surface area contributed by atoms with Crippen LogP contribution in [0, 0.1) is 0 Å². The van der Waals surface area contributed by atoms with Crippen molar-refractivity contribution in [3.8, 4) is 0 Å². The van der Waals surface area contributed by atoms with Crippen LogP contribution in [0.25, 0.3) is 0 Å². The fourth-order valence-corrected chi connectivity index (χ4v) is 5.96. The van der Waals surface area contributed by atoms with Gasteiger partial charge in [-0.15, -0.1) is 10.2 Å². The summed E-state index contributed by atoms with van der Waals surface area (Å²) in [6.07, 6.45) is 0.592. The first-order chi connectivity index (χ1) is 13.5. The molecular formula is C18H16N4O3S3. The van der Waals surface area contributed by atoms with E-state index in [2.05, 4.69) is 15.5 Å². The number of nitrogens with one attached hydrogen (secondary N) is 1. The van der Waals surface area contributed by atoms with Crippen LogP contribution in [-0.2, 0) is 10.0 Å². The third kappa shape index (κ3) is 4.03. The molecule has 2 heterocycles. The Morgan fingerprint density at radius 3 is 2.79 bits per heavy atom. The van der Waals surface area contributed by atoms with E-state index in [1.165, 1.54) is 27.4 Å². The van der Waals surface area contributed by atoms with Crippen molar-refractivity contribution in [2.75, 3.05) is 21.9 Å². The smallest absolute Gasteiger partial charge is 0.255 e. The van der Waals surface area contributed by atoms with Gasteiger partial charge in [0.15, 0.2) is 4.34 Å². The summed E-state index contributed by atoms with van der Waals surface area (Å²) in [4.78, 5) is 13.6. The Morgan fingerprint density at radius 2 is 2.04 bits per heavy atom. The van der Waals surface area contributed by atoms with Crippen molar-refractivity contribution in [1.82, 2.24) is 10.2 Å². The van der Waals surface area contributed by atoms with Gasteiger partial charge < -0.3 is 5.32 Å². The largest absolute Gasteiger partial charge is 0.321 e. The van der Waals surface area contributed by atoms with Gasteiger partial charge in [-0.1, -0.05) is 41.3 Å². The number of anilines is 2. The van der Waals surface area contributed by atoms with Crippen LogP contribution >= 0.6 is 23.1 Å². The second-order valence-electron chi connectivity index (χ2n) is 6.05. The summed E-state index contributed by atoms with van der Waals surface area (Å²) in [7, 11) is -3.29. The molecule has 1 aliphatic heterocycles. The highest BCUT2D eigenvalue weighted by Gasteiger charge is 2.28. The van der Waals surface area contributed by atoms with Crippen LogP contribution in [0.2, 0.25) is 0 Å². The number of benzene rings is 2. The zero-order valence-electron chi connectivity index (χ0n) is 14.6. The molecule has 3 aromatic rings. The number of aromatic nitrogens is 2. The Morgan fingerprint density at radius 1 is 1.18 bits per heavy atom. The van der Waals surface area contributed by atoms with E-state index in [4.69, 9.17) is 0 Å². The van der Waals surface area contributed by atoms with Gasteiger partial charge in [-0.3, -0.25) is 9.10 Å². The number of para-hydroxylation sites is 1. The first-order valence-electron chi connectivity index (χ1n) is 8.48. The lowest BCUT2D eigenvalue weighted by atomic mass is 10.1. The molecule has 2 aromatic carbocycles. The van der Waals surface area contributed by atoms with Crippen LogP contribution < -0.4 is 9.62 Å². The third-order valence-corrected chi connectivity index (χ3v) is 7.89. The predicted molar refractivity (Wildman–Crippen MR) is 111 cm³/mol. The first kappa shape index (κ1) is 18.9. The monoisotopic (exact) mass is 432 g/mol. The molecule has 0 unspecified atom stereocenters. The highest BCUT2D eigenvalue weighted by Crippen LogP contribution is 2.34. The molecule has 7 nitrogen and oxygen atoms in total. The second-order valence-corrected chi connectivity index (χ2v) is 10.2. The number of amides is 1. The van der Waals surface area contributed by atoms with Crippen LogP contribution in [0.15, 0.2) is 63.3 Å². The minimum absolute atomic E-state index is 0.139. The molecule has 4 rings (SSSR count). The normalized spacial score (nSPS) is 15.5. The lowest BCUT2D eigenvalue weighted by molar-refractivity contribution is 0.102. The van der Waals surface area contributed by atoms with E-state index in [0.29, 0.717) is 29.9 Å². The van der Waals surface area contributed by atoms with Gasteiger partial charge in [0.05, 0.1) is 17.1 Å². The summed E-state index contributed by atoms with van der Waals surface area (Å²) in [5.41, 5.74) is 3.23. The maximum absolute atomic E-state index is 12.8. The number of nitrogens with zero attached hydrogens (tertiary/aromatic N) is 3. The molecule has 10 heteroatoms. The average Bonchev–Trinajstić information content (AvgIpc) is 3.32. The fourth-order valence-electron chi connectivity index (χ4n) is 2.89. The molecule has 1 fully saturated rings. The van der Waals surface area contributed by atoms with Crippen molar-refractivity contribution in [2.24, 2.45) is 0 Å². The summed E-state index contributed by atoms with van der Waals surface area (Å²) in [5.74, 6) is -0.164. The summed E-state index contributed by atoms with van der Waals surface area (Å²) >= 11 is 2.85.